The number of hydrazone groups is 1. The van der Waals surface area contributed by atoms with Crippen LogP contribution in [0.15, 0.2) is 53.6 Å². The van der Waals surface area contributed by atoms with E-state index in [0.717, 1.165) is 17.7 Å². The molecule has 0 aromatic heterocycles. The van der Waals surface area contributed by atoms with E-state index in [1.165, 1.54) is 11.1 Å². The maximum absolute atomic E-state index is 12.5. The molecule has 1 aliphatic carbocycles. The molecule has 2 atom stereocenters. The molecule has 6 nitrogen and oxygen atoms in total. The minimum absolute atomic E-state index is 0.0257. The van der Waals surface area contributed by atoms with Crippen molar-refractivity contribution >= 4 is 23.4 Å². The van der Waals surface area contributed by atoms with Crippen LogP contribution >= 0.6 is 0 Å². The van der Waals surface area contributed by atoms with Crippen LogP contribution in [0.1, 0.15) is 29.0 Å². The topological polar surface area (TPSA) is 79.8 Å². The van der Waals surface area contributed by atoms with Gasteiger partial charge in [0.15, 0.2) is 6.61 Å². The molecular weight excluding hydrogens is 330 g/mol. The Hall–Kier alpha value is -3.15. The summed E-state index contributed by atoms with van der Waals surface area (Å²) in [4.78, 5) is 23.5. The molecule has 2 aromatic carbocycles. The molecule has 2 amide bonds. The number of carbonyl (C=O) groups is 2. The Kier molecular flexibility index (Phi) is 4.16. The van der Waals surface area contributed by atoms with Crippen LogP contribution in [0.2, 0.25) is 0 Å². The number of hydrogen-bond donors (Lipinski definition) is 2. The fourth-order valence-corrected chi connectivity index (χ4v) is 3.14. The van der Waals surface area contributed by atoms with E-state index in [2.05, 4.69) is 41.0 Å². The Morgan fingerprint density at radius 3 is 2.73 bits per heavy atom. The zero-order chi connectivity index (χ0) is 18.1. The SMILES string of the molecule is Cc1cccc([C@@H]2C[C@H]2C(=O)Nc2ccc(C3=NNC(=O)CO3)cc2)c1. The summed E-state index contributed by atoms with van der Waals surface area (Å²) < 4.78 is 5.27. The average Bonchev–Trinajstić information content (AvgIpc) is 3.44. The van der Waals surface area contributed by atoms with Crippen LogP contribution in [-0.4, -0.2) is 24.3 Å². The molecule has 4 rings (SSSR count). The highest BCUT2D eigenvalue weighted by molar-refractivity contribution is 5.99. The van der Waals surface area contributed by atoms with Gasteiger partial charge in [0, 0.05) is 17.2 Å². The molecule has 0 saturated heterocycles. The van der Waals surface area contributed by atoms with E-state index >= 15 is 0 Å². The van der Waals surface area contributed by atoms with Crippen molar-refractivity contribution in [1.29, 1.82) is 0 Å². The smallest absolute Gasteiger partial charge is 0.278 e. The standard InChI is InChI=1S/C20H19N3O3/c1-12-3-2-4-14(9-12)16-10-17(16)19(25)21-15-7-5-13(6-8-15)20-23-22-18(24)11-26-20/h2-9,16-17H,10-11H2,1H3,(H,21,25)(H,22,24)/t16-,17+/m0/s1. The Morgan fingerprint density at radius 1 is 1.23 bits per heavy atom. The number of benzene rings is 2. The fraction of sp³-hybridized carbons (Fsp3) is 0.250. The van der Waals surface area contributed by atoms with Gasteiger partial charge in [0.25, 0.3) is 5.91 Å². The lowest BCUT2D eigenvalue weighted by atomic mass is 10.1. The molecule has 1 fully saturated rings. The molecule has 2 aliphatic rings. The van der Waals surface area contributed by atoms with E-state index in [-0.39, 0.29) is 24.3 Å². The molecule has 0 spiro atoms. The van der Waals surface area contributed by atoms with Crippen LogP contribution in [0.3, 0.4) is 0 Å². The van der Waals surface area contributed by atoms with Gasteiger partial charge in [-0.05, 0) is 49.1 Å². The first-order valence-corrected chi connectivity index (χ1v) is 8.57. The predicted octanol–water partition coefficient (Wildman–Crippen LogP) is 2.55. The third-order valence-corrected chi connectivity index (χ3v) is 4.62. The first kappa shape index (κ1) is 16.3. The summed E-state index contributed by atoms with van der Waals surface area (Å²) in [7, 11) is 0. The summed E-state index contributed by atoms with van der Waals surface area (Å²) in [5.74, 6) is 0.470. The summed E-state index contributed by atoms with van der Waals surface area (Å²) in [6, 6.07) is 15.6. The summed E-state index contributed by atoms with van der Waals surface area (Å²) in [6.45, 7) is 2.02. The number of nitrogens with zero attached hydrogens (tertiary/aromatic N) is 1. The number of ether oxygens (including phenoxy) is 1. The number of hydrogen-bond acceptors (Lipinski definition) is 4. The molecule has 26 heavy (non-hydrogen) atoms. The highest BCUT2D eigenvalue weighted by Crippen LogP contribution is 2.48. The highest BCUT2D eigenvalue weighted by atomic mass is 16.5. The van der Waals surface area contributed by atoms with Gasteiger partial charge in [-0.1, -0.05) is 29.8 Å². The number of aryl methyl sites for hydroxylation is 1. The fourth-order valence-electron chi connectivity index (χ4n) is 3.14. The predicted molar refractivity (Wildman–Crippen MR) is 97.7 cm³/mol. The van der Waals surface area contributed by atoms with Gasteiger partial charge in [-0.3, -0.25) is 9.59 Å². The van der Waals surface area contributed by atoms with Crippen LogP contribution in [0.25, 0.3) is 0 Å². The van der Waals surface area contributed by atoms with Crippen molar-refractivity contribution < 1.29 is 14.3 Å². The van der Waals surface area contributed by atoms with E-state index in [4.69, 9.17) is 4.74 Å². The van der Waals surface area contributed by atoms with Crippen molar-refractivity contribution in [3.05, 3.63) is 65.2 Å². The lowest BCUT2D eigenvalue weighted by molar-refractivity contribution is -0.124. The Balaban J connectivity index is 1.37. The summed E-state index contributed by atoms with van der Waals surface area (Å²) in [5, 5.41) is 6.83. The second kappa shape index (κ2) is 6.63. The van der Waals surface area contributed by atoms with E-state index in [1.807, 2.05) is 6.07 Å². The second-order valence-electron chi connectivity index (χ2n) is 6.67. The van der Waals surface area contributed by atoms with Crippen LogP contribution < -0.4 is 10.7 Å². The monoisotopic (exact) mass is 349 g/mol. The third-order valence-electron chi connectivity index (χ3n) is 4.62. The highest BCUT2D eigenvalue weighted by Gasteiger charge is 2.43. The quantitative estimate of drug-likeness (QED) is 0.890. The molecule has 0 bridgehead atoms. The van der Waals surface area contributed by atoms with E-state index < -0.39 is 0 Å². The molecule has 0 radical (unpaired) electrons. The van der Waals surface area contributed by atoms with Crippen molar-refractivity contribution in [2.24, 2.45) is 11.0 Å². The number of rotatable bonds is 4. The molecule has 1 saturated carbocycles. The molecule has 132 valence electrons. The van der Waals surface area contributed by atoms with Crippen LogP contribution in [0.5, 0.6) is 0 Å². The third kappa shape index (κ3) is 3.44. The summed E-state index contributed by atoms with van der Waals surface area (Å²) >= 11 is 0. The van der Waals surface area contributed by atoms with Crippen molar-refractivity contribution in [3.8, 4) is 0 Å². The van der Waals surface area contributed by atoms with Crippen molar-refractivity contribution in [2.75, 3.05) is 11.9 Å². The number of nitrogens with one attached hydrogen (secondary N) is 2. The van der Waals surface area contributed by atoms with Gasteiger partial charge in [0.05, 0.1) is 0 Å². The zero-order valence-corrected chi connectivity index (χ0v) is 14.4. The number of carbonyl (C=O) groups excluding carboxylic acids is 2. The molecule has 2 N–H and O–H groups in total. The lowest BCUT2D eigenvalue weighted by Gasteiger charge is -2.14. The first-order valence-electron chi connectivity index (χ1n) is 8.57. The molecule has 1 heterocycles. The molecule has 1 aliphatic heterocycles. The van der Waals surface area contributed by atoms with Crippen LogP contribution in [0.4, 0.5) is 5.69 Å². The Bertz CT molecular complexity index is 889. The Morgan fingerprint density at radius 2 is 2.04 bits per heavy atom. The van der Waals surface area contributed by atoms with Crippen LogP contribution in [-0.2, 0) is 14.3 Å². The van der Waals surface area contributed by atoms with Gasteiger partial charge in [-0.15, -0.1) is 5.10 Å². The van der Waals surface area contributed by atoms with Crippen molar-refractivity contribution in [3.63, 3.8) is 0 Å². The maximum atomic E-state index is 12.5. The lowest BCUT2D eigenvalue weighted by Crippen LogP contribution is -2.32. The maximum Gasteiger partial charge on any atom is 0.278 e. The van der Waals surface area contributed by atoms with Crippen LogP contribution in [0, 0.1) is 12.8 Å². The van der Waals surface area contributed by atoms with Gasteiger partial charge in [-0.2, -0.15) is 0 Å². The van der Waals surface area contributed by atoms with E-state index in [9.17, 15) is 9.59 Å². The van der Waals surface area contributed by atoms with Gasteiger partial charge in [0.2, 0.25) is 11.8 Å². The molecule has 2 aromatic rings. The Labute approximate surface area is 151 Å². The van der Waals surface area contributed by atoms with E-state index in [1.54, 1.807) is 24.3 Å². The van der Waals surface area contributed by atoms with Gasteiger partial charge in [0.1, 0.15) is 0 Å². The molecule has 0 unspecified atom stereocenters. The van der Waals surface area contributed by atoms with Crippen molar-refractivity contribution in [2.45, 2.75) is 19.3 Å². The summed E-state index contributed by atoms with van der Waals surface area (Å²) in [6.07, 6.45) is 0.887. The van der Waals surface area contributed by atoms with Gasteiger partial charge >= 0.3 is 0 Å². The van der Waals surface area contributed by atoms with Gasteiger partial charge < -0.3 is 10.1 Å². The zero-order valence-electron chi connectivity index (χ0n) is 14.4. The second-order valence-corrected chi connectivity index (χ2v) is 6.67. The normalized spacial score (nSPS) is 21.3. The molecular formula is C20H19N3O3. The first-order chi connectivity index (χ1) is 12.6. The summed E-state index contributed by atoms with van der Waals surface area (Å²) in [5.41, 5.74) is 6.30. The average molecular weight is 349 g/mol. The number of amides is 2. The van der Waals surface area contributed by atoms with Gasteiger partial charge in [-0.25, -0.2) is 5.43 Å². The molecule has 6 heteroatoms. The number of anilines is 1. The van der Waals surface area contributed by atoms with Crippen molar-refractivity contribution in [1.82, 2.24) is 5.43 Å². The minimum atomic E-state index is -0.273. The van der Waals surface area contributed by atoms with E-state index in [0.29, 0.717) is 11.8 Å². The minimum Gasteiger partial charge on any atom is -0.466 e. The largest absolute Gasteiger partial charge is 0.466 e.